The Hall–Kier alpha value is -3.78. The van der Waals surface area contributed by atoms with Crippen molar-refractivity contribution in [3.8, 4) is 11.3 Å². The molecular formula is C24H21N3O4S. The van der Waals surface area contributed by atoms with Crippen LogP contribution in [0.3, 0.4) is 0 Å². The molecule has 4 rings (SSSR count). The maximum atomic E-state index is 12.6. The first kappa shape index (κ1) is 21.5. The van der Waals surface area contributed by atoms with Crippen molar-refractivity contribution in [2.24, 2.45) is 0 Å². The smallest absolute Gasteiger partial charge is 0.357 e. The number of fused-ring (bicyclic) bond motifs is 1. The van der Waals surface area contributed by atoms with Crippen molar-refractivity contribution in [2.45, 2.75) is 26.5 Å². The van der Waals surface area contributed by atoms with E-state index in [1.165, 1.54) is 25.2 Å². The first-order valence-corrected chi connectivity index (χ1v) is 10.9. The molecule has 162 valence electrons. The van der Waals surface area contributed by atoms with Gasteiger partial charge < -0.3 is 10.1 Å². The van der Waals surface area contributed by atoms with Gasteiger partial charge in [-0.15, -0.1) is 11.3 Å². The average molecular weight is 448 g/mol. The molecule has 4 aromatic rings. The van der Waals surface area contributed by atoms with E-state index in [1.807, 2.05) is 42.5 Å². The molecule has 1 amide bonds. The highest BCUT2D eigenvalue weighted by Crippen LogP contribution is 2.24. The summed E-state index contributed by atoms with van der Waals surface area (Å²) < 4.78 is 5.36. The Labute approximate surface area is 188 Å². The number of nitrogens with zero attached hydrogens (tertiary/aromatic N) is 1. The Morgan fingerprint density at radius 1 is 1.06 bits per heavy atom. The predicted octanol–water partition coefficient (Wildman–Crippen LogP) is 4.36. The minimum Gasteiger partial charge on any atom is -0.450 e. The van der Waals surface area contributed by atoms with Crippen LogP contribution in [0.1, 0.15) is 38.9 Å². The second-order valence-electron chi connectivity index (χ2n) is 7.32. The zero-order valence-electron chi connectivity index (χ0n) is 17.5. The maximum absolute atomic E-state index is 12.6. The SMILES string of the molecule is CC(=O)NCc1ccc(C(=O)C(C)OC(=O)c2cc(-c3ccc4ccccc4c3)n[nH]2)s1. The molecule has 2 aromatic heterocycles. The Balaban J connectivity index is 1.42. The Morgan fingerprint density at radius 2 is 1.84 bits per heavy atom. The molecule has 2 heterocycles. The number of carbonyl (C=O) groups is 3. The van der Waals surface area contributed by atoms with Gasteiger partial charge in [0.25, 0.3) is 0 Å². The molecule has 0 spiro atoms. The lowest BCUT2D eigenvalue weighted by Gasteiger charge is -2.10. The quantitative estimate of drug-likeness (QED) is 0.324. The molecule has 2 N–H and O–H groups in total. The lowest BCUT2D eigenvalue weighted by atomic mass is 10.1. The van der Waals surface area contributed by atoms with Crippen LogP contribution in [0.25, 0.3) is 22.0 Å². The Bertz CT molecular complexity index is 1310. The lowest BCUT2D eigenvalue weighted by molar-refractivity contribution is -0.119. The van der Waals surface area contributed by atoms with Crippen LogP contribution in [0.2, 0.25) is 0 Å². The van der Waals surface area contributed by atoms with Gasteiger partial charge in [-0.25, -0.2) is 4.79 Å². The molecule has 0 bridgehead atoms. The highest BCUT2D eigenvalue weighted by Gasteiger charge is 2.23. The summed E-state index contributed by atoms with van der Waals surface area (Å²) in [5.74, 6) is -1.09. The zero-order chi connectivity index (χ0) is 22.7. The summed E-state index contributed by atoms with van der Waals surface area (Å²) in [4.78, 5) is 37.5. The van der Waals surface area contributed by atoms with Crippen LogP contribution >= 0.6 is 11.3 Å². The third-order valence-electron chi connectivity index (χ3n) is 4.91. The number of H-pyrrole nitrogens is 1. The highest BCUT2D eigenvalue weighted by molar-refractivity contribution is 7.14. The summed E-state index contributed by atoms with van der Waals surface area (Å²) >= 11 is 1.26. The molecular weight excluding hydrogens is 426 g/mol. The van der Waals surface area contributed by atoms with E-state index >= 15 is 0 Å². The number of aromatic amines is 1. The third-order valence-corrected chi connectivity index (χ3v) is 6.01. The van der Waals surface area contributed by atoms with Gasteiger partial charge in [0.1, 0.15) is 5.69 Å². The Kier molecular flexibility index (Phi) is 6.13. The number of hydrogen-bond donors (Lipinski definition) is 2. The largest absolute Gasteiger partial charge is 0.450 e. The molecule has 0 radical (unpaired) electrons. The summed E-state index contributed by atoms with van der Waals surface area (Å²) in [5, 5.41) is 11.8. The van der Waals surface area contributed by atoms with Gasteiger partial charge in [0.05, 0.1) is 17.1 Å². The standard InChI is InChI=1S/C24H21N3O4S/c1-14(23(29)22-10-9-19(32-22)13-25-15(2)28)31-24(30)21-12-20(26-27-21)18-8-7-16-5-3-4-6-17(16)11-18/h3-12,14H,13H2,1-2H3,(H,25,28)(H,26,27). The van der Waals surface area contributed by atoms with Crippen molar-refractivity contribution >= 4 is 39.8 Å². The van der Waals surface area contributed by atoms with E-state index in [2.05, 4.69) is 15.5 Å². The highest BCUT2D eigenvalue weighted by atomic mass is 32.1. The monoisotopic (exact) mass is 447 g/mol. The summed E-state index contributed by atoms with van der Waals surface area (Å²) in [6.45, 7) is 3.32. The van der Waals surface area contributed by atoms with Crippen LogP contribution < -0.4 is 5.32 Å². The van der Waals surface area contributed by atoms with Gasteiger partial charge in [-0.2, -0.15) is 5.10 Å². The van der Waals surface area contributed by atoms with Crippen molar-refractivity contribution in [1.29, 1.82) is 0 Å². The molecule has 0 aliphatic carbocycles. The molecule has 8 heteroatoms. The second-order valence-corrected chi connectivity index (χ2v) is 8.48. The van der Waals surface area contributed by atoms with Crippen molar-refractivity contribution in [1.82, 2.24) is 15.5 Å². The summed E-state index contributed by atoms with van der Waals surface area (Å²) in [6.07, 6.45) is -0.956. The molecule has 7 nitrogen and oxygen atoms in total. The first-order chi connectivity index (χ1) is 15.4. The van der Waals surface area contributed by atoms with Crippen molar-refractivity contribution in [3.63, 3.8) is 0 Å². The molecule has 0 aliphatic heterocycles. The lowest BCUT2D eigenvalue weighted by Crippen LogP contribution is -2.24. The van der Waals surface area contributed by atoms with Gasteiger partial charge in [-0.05, 0) is 42.0 Å². The summed E-state index contributed by atoms with van der Waals surface area (Å²) in [7, 11) is 0. The molecule has 32 heavy (non-hydrogen) atoms. The fraction of sp³-hybridized carbons (Fsp3) is 0.167. The van der Waals surface area contributed by atoms with Crippen LogP contribution in [0.5, 0.6) is 0 Å². The number of hydrogen-bond acceptors (Lipinski definition) is 6. The fourth-order valence-electron chi connectivity index (χ4n) is 3.22. The number of aromatic nitrogens is 2. The molecule has 1 atom stereocenters. The minimum atomic E-state index is -0.956. The number of Topliss-reactive ketones (excluding diaryl/α,β-unsaturated/α-hetero) is 1. The van der Waals surface area contributed by atoms with Crippen molar-refractivity contribution in [3.05, 3.63) is 76.1 Å². The Morgan fingerprint density at radius 3 is 2.62 bits per heavy atom. The van der Waals surface area contributed by atoms with Gasteiger partial charge >= 0.3 is 5.97 Å². The number of benzene rings is 2. The van der Waals surface area contributed by atoms with E-state index in [1.54, 1.807) is 18.2 Å². The molecule has 0 saturated carbocycles. The minimum absolute atomic E-state index is 0.142. The second kappa shape index (κ2) is 9.15. The third kappa shape index (κ3) is 4.76. The number of rotatable bonds is 7. The van der Waals surface area contributed by atoms with Gasteiger partial charge in [0.2, 0.25) is 11.7 Å². The van der Waals surface area contributed by atoms with Gasteiger partial charge in [-0.3, -0.25) is 14.7 Å². The normalized spacial score (nSPS) is 11.8. The number of ether oxygens (including phenoxy) is 1. The van der Waals surface area contributed by atoms with Gasteiger partial charge in [0.15, 0.2) is 6.10 Å². The van der Waals surface area contributed by atoms with E-state index in [0.29, 0.717) is 17.1 Å². The van der Waals surface area contributed by atoms with E-state index in [9.17, 15) is 14.4 Å². The molecule has 0 fully saturated rings. The molecule has 2 aromatic carbocycles. The van der Waals surface area contributed by atoms with Crippen LogP contribution in [-0.2, 0) is 16.1 Å². The molecule has 1 unspecified atom stereocenters. The van der Waals surface area contributed by atoms with Gasteiger partial charge in [0, 0.05) is 17.4 Å². The van der Waals surface area contributed by atoms with E-state index < -0.39 is 12.1 Å². The summed E-state index contributed by atoms with van der Waals surface area (Å²) in [6, 6.07) is 19.0. The molecule has 0 saturated heterocycles. The van der Waals surface area contributed by atoms with Crippen LogP contribution in [0.4, 0.5) is 0 Å². The summed E-state index contributed by atoms with van der Waals surface area (Å²) in [5.41, 5.74) is 1.65. The van der Waals surface area contributed by atoms with E-state index in [4.69, 9.17) is 4.74 Å². The number of carbonyl (C=O) groups excluding carboxylic acids is 3. The van der Waals surface area contributed by atoms with Crippen LogP contribution in [0, 0.1) is 0 Å². The number of esters is 1. The number of thiophene rings is 1. The van der Waals surface area contributed by atoms with Crippen LogP contribution in [-0.4, -0.2) is 34.0 Å². The van der Waals surface area contributed by atoms with Crippen LogP contribution in [0.15, 0.2) is 60.7 Å². The maximum Gasteiger partial charge on any atom is 0.357 e. The fourth-order valence-corrected chi connectivity index (χ4v) is 4.18. The van der Waals surface area contributed by atoms with E-state index in [-0.39, 0.29) is 17.4 Å². The number of nitrogens with one attached hydrogen (secondary N) is 2. The predicted molar refractivity (Wildman–Crippen MR) is 123 cm³/mol. The van der Waals surface area contributed by atoms with Crippen molar-refractivity contribution in [2.75, 3.05) is 0 Å². The van der Waals surface area contributed by atoms with E-state index in [0.717, 1.165) is 21.2 Å². The number of amides is 1. The average Bonchev–Trinajstić information content (AvgIpc) is 3.47. The van der Waals surface area contributed by atoms with Gasteiger partial charge in [-0.1, -0.05) is 36.4 Å². The number of ketones is 1. The van der Waals surface area contributed by atoms with Crippen molar-refractivity contribution < 1.29 is 19.1 Å². The first-order valence-electron chi connectivity index (χ1n) is 10.0. The zero-order valence-corrected chi connectivity index (χ0v) is 18.4. The topological polar surface area (TPSA) is 101 Å². The molecule has 0 aliphatic rings.